The van der Waals surface area contributed by atoms with Gasteiger partial charge in [-0.3, -0.25) is 4.99 Å². The van der Waals surface area contributed by atoms with E-state index in [1.807, 2.05) is 12.1 Å². The Kier molecular flexibility index (Phi) is 5.35. The zero-order chi connectivity index (χ0) is 16.9. The molecule has 1 aliphatic heterocycles. The van der Waals surface area contributed by atoms with Gasteiger partial charge in [0.05, 0.1) is 6.54 Å². The molecule has 24 heavy (non-hydrogen) atoms. The summed E-state index contributed by atoms with van der Waals surface area (Å²) < 4.78 is 5.27. The van der Waals surface area contributed by atoms with Gasteiger partial charge in [0.2, 0.25) is 11.7 Å². The number of hydrogen-bond acceptors (Lipinski definition) is 4. The first-order valence-electron chi connectivity index (χ1n) is 8.25. The van der Waals surface area contributed by atoms with Crippen LogP contribution >= 0.6 is 11.6 Å². The van der Waals surface area contributed by atoms with Crippen LogP contribution in [0.1, 0.15) is 25.7 Å². The van der Waals surface area contributed by atoms with Crippen LogP contribution in [0.2, 0.25) is 5.02 Å². The summed E-state index contributed by atoms with van der Waals surface area (Å²) in [4.78, 5) is 11.0. The van der Waals surface area contributed by atoms with Gasteiger partial charge in [-0.1, -0.05) is 23.7 Å². The monoisotopic (exact) mass is 347 g/mol. The Morgan fingerprint density at radius 2 is 2.04 bits per heavy atom. The Hall–Kier alpha value is -2.08. The first-order valence-corrected chi connectivity index (χ1v) is 8.63. The van der Waals surface area contributed by atoms with E-state index in [4.69, 9.17) is 21.9 Å². The zero-order valence-electron chi connectivity index (χ0n) is 13.8. The first kappa shape index (κ1) is 16.8. The van der Waals surface area contributed by atoms with Gasteiger partial charge in [-0.25, -0.2) is 0 Å². The van der Waals surface area contributed by atoms with Gasteiger partial charge in [-0.05, 0) is 43.0 Å². The first-order chi connectivity index (χ1) is 11.6. The van der Waals surface area contributed by atoms with Crippen molar-refractivity contribution >= 4 is 17.6 Å². The summed E-state index contributed by atoms with van der Waals surface area (Å²) in [7, 11) is 0. The summed E-state index contributed by atoms with van der Waals surface area (Å²) in [6.07, 6.45) is 2.92. The molecule has 0 aliphatic carbocycles. The van der Waals surface area contributed by atoms with Crippen LogP contribution in [-0.4, -0.2) is 40.6 Å². The van der Waals surface area contributed by atoms with Gasteiger partial charge in [0.1, 0.15) is 0 Å². The van der Waals surface area contributed by atoms with Gasteiger partial charge in [0, 0.05) is 30.1 Å². The Bertz CT molecular complexity index is 689. The standard InChI is InChI=1S/C17H22ClN5O/c1-12-7-10-23(11-8-12)17(19)20-9-6-15-21-16(22-24-15)13-2-4-14(18)5-3-13/h2-5,12H,6-11H2,1H3,(H2,19,20). The number of nitrogens with zero attached hydrogens (tertiary/aromatic N) is 4. The minimum absolute atomic E-state index is 0.542. The highest BCUT2D eigenvalue weighted by Crippen LogP contribution is 2.19. The van der Waals surface area contributed by atoms with E-state index in [0.717, 1.165) is 24.6 Å². The van der Waals surface area contributed by atoms with Crippen LogP contribution in [0.4, 0.5) is 0 Å². The predicted molar refractivity (Wildman–Crippen MR) is 94.9 cm³/mol. The van der Waals surface area contributed by atoms with Gasteiger partial charge < -0.3 is 15.2 Å². The van der Waals surface area contributed by atoms with Crippen LogP contribution in [0.5, 0.6) is 0 Å². The van der Waals surface area contributed by atoms with Crippen molar-refractivity contribution in [3.63, 3.8) is 0 Å². The molecule has 128 valence electrons. The van der Waals surface area contributed by atoms with Crippen molar-refractivity contribution < 1.29 is 4.52 Å². The molecule has 2 N–H and O–H groups in total. The number of benzene rings is 1. The maximum Gasteiger partial charge on any atom is 0.228 e. The number of aliphatic imine (C=N–C) groups is 1. The molecule has 2 heterocycles. The third-order valence-electron chi connectivity index (χ3n) is 4.28. The molecule has 7 heteroatoms. The fourth-order valence-electron chi connectivity index (χ4n) is 2.68. The van der Waals surface area contributed by atoms with Gasteiger partial charge in [0.25, 0.3) is 0 Å². The molecule has 0 radical (unpaired) electrons. The van der Waals surface area contributed by atoms with Crippen molar-refractivity contribution in [2.75, 3.05) is 19.6 Å². The average Bonchev–Trinajstić information content (AvgIpc) is 3.05. The molecular weight excluding hydrogens is 326 g/mol. The molecule has 3 rings (SSSR count). The smallest absolute Gasteiger partial charge is 0.228 e. The molecule has 1 aliphatic rings. The molecule has 2 aromatic rings. The second kappa shape index (κ2) is 7.66. The molecule has 0 saturated carbocycles. The van der Waals surface area contributed by atoms with Gasteiger partial charge in [-0.15, -0.1) is 0 Å². The third-order valence-corrected chi connectivity index (χ3v) is 4.53. The number of nitrogens with two attached hydrogens (primary N) is 1. The van der Waals surface area contributed by atoms with Crippen molar-refractivity contribution in [2.24, 2.45) is 16.6 Å². The van der Waals surface area contributed by atoms with Gasteiger partial charge in [0.15, 0.2) is 5.96 Å². The lowest BCUT2D eigenvalue weighted by Gasteiger charge is -2.30. The molecule has 0 amide bonds. The molecule has 6 nitrogen and oxygen atoms in total. The largest absolute Gasteiger partial charge is 0.370 e. The quantitative estimate of drug-likeness (QED) is 0.679. The van der Waals surface area contributed by atoms with E-state index in [-0.39, 0.29) is 0 Å². The summed E-state index contributed by atoms with van der Waals surface area (Å²) in [5.74, 6) is 2.51. The highest BCUT2D eigenvalue weighted by atomic mass is 35.5. The molecule has 1 saturated heterocycles. The molecule has 0 bridgehead atoms. The van der Waals surface area contributed by atoms with E-state index in [0.29, 0.717) is 35.7 Å². The van der Waals surface area contributed by atoms with Gasteiger partial charge >= 0.3 is 0 Å². The third kappa shape index (κ3) is 4.26. The maximum absolute atomic E-state index is 6.07. The van der Waals surface area contributed by atoms with E-state index in [9.17, 15) is 0 Å². The van der Waals surface area contributed by atoms with Crippen LogP contribution in [-0.2, 0) is 6.42 Å². The normalized spacial score (nSPS) is 16.6. The number of hydrogen-bond donors (Lipinski definition) is 1. The van der Waals surface area contributed by atoms with Crippen LogP contribution in [0.3, 0.4) is 0 Å². The summed E-state index contributed by atoms with van der Waals surface area (Å²) in [5.41, 5.74) is 6.94. The fourth-order valence-corrected chi connectivity index (χ4v) is 2.80. The Labute approximate surface area is 146 Å². The van der Waals surface area contributed by atoms with E-state index in [1.54, 1.807) is 12.1 Å². The van der Waals surface area contributed by atoms with Crippen LogP contribution < -0.4 is 5.73 Å². The second-order valence-electron chi connectivity index (χ2n) is 6.18. The Balaban J connectivity index is 1.53. The molecule has 0 spiro atoms. The highest BCUT2D eigenvalue weighted by molar-refractivity contribution is 6.30. The molecule has 0 atom stereocenters. The highest BCUT2D eigenvalue weighted by Gasteiger charge is 2.17. The Morgan fingerprint density at radius 3 is 2.75 bits per heavy atom. The van der Waals surface area contributed by atoms with Crippen LogP contribution in [0, 0.1) is 5.92 Å². The van der Waals surface area contributed by atoms with Crippen LogP contribution in [0.15, 0.2) is 33.8 Å². The number of aromatic nitrogens is 2. The molecule has 1 aromatic heterocycles. The second-order valence-corrected chi connectivity index (χ2v) is 6.61. The van der Waals surface area contributed by atoms with Crippen molar-refractivity contribution in [1.29, 1.82) is 0 Å². The van der Waals surface area contributed by atoms with Crippen molar-refractivity contribution in [1.82, 2.24) is 15.0 Å². The van der Waals surface area contributed by atoms with Crippen LogP contribution in [0.25, 0.3) is 11.4 Å². The van der Waals surface area contributed by atoms with E-state index < -0.39 is 0 Å². The van der Waals surface area contributed by atoms with E-state index in [2.05, 4.69) is 27.0 Å². The van der Waals surface area contributed by atoms with Crippen molar-refractivity contribution in [3.8, 4) is 11.4 Å². The molecular formula is C17H22ClN5O. The summed E-state index contributed by atoms with van der Waals surface area (Å²) in [6, 6.07) is 7.34. The number of piperidine rings is 1. The van der Waals surface area contributed by atoms with E-state index in [1.165, 1.54) is 12.8 Å². The Morgan fingerprint density at radius 1 is 1.33 bits per heavy atom. The minimum Gasteiger partial charge on any atom is -0.370 e. The summed E-state index contributed by atoms with van der Waals surface area (Å²) in [5, 5.41) is 4.67. The molecule has 1 fully saturated rings. The average molecular weight is 348 g/mol. The van der Waals surface area contributed by atoms with Gasteiger partial charge in [-0.2, -0.15) is 4.98 Å². The van der Waals surface area contributed by atoms with E-state index >= 15 is 0 Å². The lowest BCUT2D eigenvalue weighted by molar-refractivity contribution is 0.277. The summed E-state index contributed by atoms with van der Waals surface area (Å²) in [6.45, 7) is 4.79. The topological polar surface area (TPSA) is 80.5 Å². The number of likely N-dealkylation sites (tertiary alicyclic amines) is 1. The van der Waals surface area contributed by atoms with Crippen molar-refractivity contribution in [2.45, 2.75) is 26.2 Å². The predicted octanol–water partition coefficient (Wildman–Crippen LogP) is 2.98. The number of halogens is 1. The fraction of sp³-hybridized carbons (Fsp3) is 0.471. The van der Waals surface area contributed by atoms with Crippen molar-refractivity contribution in [3.05, 3.63) is 35.2 Å². The lowest BCUT2D eigenvalue weighted by atomic mass is 10.00. The lowest BCUT2D eigenvalue weighted by Crippen LogP contribution is -2.42. The number of rotatable bonds is 4. The zero-order valence-corrected chi connectivity index (χ0v) is 14.5. The molecule has 0 unspecified atom stereocenters. The minimum atomic E-state index is 0.542. The summed E-state index contributed by atoms with van der Waals surface area (Å²) >= 11 is 5.88. The SMILES string of the molecule is CC1CCN(C(N)=NCCc2nc(-c3ccc(Cl)cc3)no2)CC1. The number of guanidine groups is 1. The molecule has 1 aromatic carbocycles. The maximum atomic E-state index is 6.07.